The van der Waals surface area contributed by atoms with Crippen LogP contribution in [0.25, 0.3) is 0 Å². The molecular weight excluding hydrogens is 295 g/mol. The van der Waals surface area contributed by atoms with Gasteiger partial charge in [0.2, 0.25) is 10.0 Å². The molecule has 0 bridgehead atoms. The molecule has 3 N–H and O–H groups in total. The monoisotopic (exact) mass is 310 g/mol. The average molecular weight is 310 g/mol. The normalized spacial score (nSPS) is 12.5. The largest absolute Gasteiger partial charge is 0.396 e. The molecule has 6 nitrogen and oxygen atoms in total. The van der Waals surface area contributed by atoms with Crippen LogP contribution in [-0.4, -0.2) is 34.9 Å². The molecule has 0 aliphatic heterocycles. The van der Waals surface area contributed by atoms with Crippen LogP contribution in [0, 0.1) is 5.82 Å². The summed E-state index contributed by atoms with van der Waals surface area (Å²) in [7, 11) is -7.14. The number of hydrogen-bond donors (Lipinski definition) is 2. The quantitative estimate of drug-likeness (QED) is 0.726. The maximum absolute atomic E-state index is 12.9. The van der Waals surface area contributed by atoms with Crippen LogP contribution in [-0.2, 0) is 19.9 Å². The zero-order chi connectivity index (χ0) is 14.7. The Morgan fingerprint density at radius 3 is 2.42 bits per heavy atom. The Morgan fingerprint density at radius 1 is 1.26 bits per heavy atom. The molecule has 0 aromatic heterocycles. The third kappa shape index (κ3) is 4.44. The maximum Gasteiger partial charge on any atom is 0.240 e. The minimum absolute atomic E-state index is 0.0573. The highest BCUT2D eigenvalue weighted by molar-refractivity contribution is 7.91. The van der Waals surface area contributed by atoms with Crippen molar-refractivity contribution in [3.05, 3.63) is 24.0 Å². The van der Waals surface area contributed by atoms with Crippen molar-refractivity contribution < 1.29 is 21.2 Å². The fourth-order valence-corrected chi connectivity index (χ4v) is 3.15. The van der Waals surface area contributed by atoms with Crippen LogP contribution in [0.4, 0.5) is 10.1 Å². The van der Waals surface area contributed by atoms with Crippen molar-refractivity contribution in [1.82, 2.24) is 4.72 Å². The minimum atomic E-state index is -3.89. The number of hydrogen-bond acceptors (Lipinski definition) is 5. The molecule has 0 aliphatic carbocycles. The van der Waals surface area contributed by atoms with E-state index >= 15 is 0 Å². The Labute approximate surface area is 111 Å². The first kappa shape index (κ1) is 15.9. The fraction of sp³-hybridized carbons (Fsp3) is 0.400. The summed E-state index contributed by atoms with van der Waals surface area (Å²) < 4.78 is 61.1. The smallest absolute Gasteiger partial charge is 0.240 e. The molecule has 0 saturated carbocycles. The number of benzene rings is 1. The standard InChI is InChI=1S/C10H15FN2O4S2/c1-2-18(14,15)6-5-13-19(16,17)8-3-4-9(11)10(12)7-8/h3-4,7,13H,2,5-6,12H2,1H3. The predicted octanol–water partition coefficient (Wildman–Crippen LogP) is 0.121. The summed E-state index contributed by atoms with van der Waals surface area (Å²) in [6.45, 7) is 1.24. The van der Waals surface area contributed by atoms with Gasteiger partial charge in [-0.25, -0.2) is 25.9 Å². The molecule has 0 amide bonds. The molecular formula is C10H15FN2O4S2. The Hall–Kier alpha value is -1.19. The number of rotatable bonds is 6. The highest BCUT2D eigenvalue weighted by Gasteiger charge is 2.16. The first-order chi connectivity index (χ1) is 8.68. The van der Waals surface area contributed by atoms with Gasteiger partial charge in [-0.15, -0.1) is 0 Å². The van der Waals surface area contributed by atoms with E-state index in [-0.39, 0.29) is 28.6 Å². The molecule has 9 heteroatoms. The van der Waals surface area contributed by atoms with Gasteiger partial charge in [0.1, 0.15) is 5.82 Å². The third-order valence-electron chi connectivity index (χ3n) is 2.42. The van der Waals surface area contributed by atoms with E-state index in [4.69, 9.17) is 5.73 Å². The number of nitrogen functional groups attached to an aromatic ring is 1. The Kier molecular flexibility index (Phi) is 4.88. The molecule has 0 spiro atoms. The van der Waals surface area contributed by atoms with Crippen molar-refractivity contribution in [3.8, 4) is 0 Å². The van der Waals surface area contributed by atoms with Crippen LogP contribution in [0.3, 0.4) is 0 Å². The summed E-state index contributed by atoms with van der Waals surface area (Å²) >= 11 is 0. The van der Waals surface area contributed by atoms with Gasteiger partial charge in [-0.1, -0.05) is 6.92 Å². The van der Waals surface area contributed by atoms with Crippen LogP contribution in [0.15, 0.2) is 23.1 Å². The van der Waals surface area contributed by atoms with Crippen molar-refractivity contribution in [2.75, 3.05) is 23.8 Å². The molecule has 1 aromatic carbocycles. The van der Waals surface area contributed by atoms with Gasteiger partial charge < -0.3 is 5.73 Å². The number of nitrogens with two attached hydrogens (primary N) is 1. The topological polar surface area (TPSA) is 106 Å². The van der Waals surface area contributed by atoms with Crippen LogP contribution in [0.1, 0.15) is 6.92 Å². The van der Waals surface area contributed by atoms with Gasteiger partial charge in [-0.3, -0.25) is 0 Å². The number of sulfone groups is 1. The van der Waals surface area contributed by atoms with E-state index in [1.54, 1.807) is 0 Å². The molecule has 1 rings (SSSR count). The molecule has 0 fully saturated rings. The lowest BCUT2D eigenvalue weighted by Gasteiger charge is -2.07. The number of halogens is 1. The maximum atomic E-state index is 12.9. The van der Waals surface area contributed by atoms with Crippen molar-refractivity contribution in [2.24, 2.45) is 0 Å². The molecule has 0 saturated heterocycles. The number of sulfonamides is 1. The van der Waals surface area contributed by atoms with Crippen molar-refractivity contribution >= 4 is 25.5 Å². The van der Waals surface area contributed by atoms with E-state index in [0.717, 1.165) is 18.2 Å². The fourth-order valence-electron chi connectivity index (χ4n) is 1.25. The molecule has 0 atom stereocenters. The van der Waals surface area contributed by atoms with Gasteiger partial charge in [0.05, 0.1) is 16.3 Å². The highest BCUT2D eigenvalue weighted by atomic mass is 32.2. The molecule has 1 aromatic rings. The Balaban J connectivity index is 2.79. The zero-order valence-corrected chi connectivity index (χ0v) is 11.9. The average Bonchev–Trinajstić information content (AvgIpc) is 2.32. The number of anilines is 1. The molecule has 19 heavy (non-hydrogen) atoms. The highest BCUT2D eigenvalue weighted by Crippen LogP contribution is 2.16. The van der Waals surface area contributed by atoms with Gasteiger partial charge in [-0.05, 0) is 18.2 Å². The molecule has 0 radical (unpaired) electrons. The van der Waals surface area contributed by atoms with Gasteiger partial charge in [0, 0.05) is 12.3 Å². The van der Waals surface area contributed by atoms with Gasteiger partial charge >= 0.3 is 0 Å². The van der Waals surface area contributed by atoms with E-state index < -0.39 is 25.7 Å². The number of nitrogens with one attached hydrogen (secondary N) is 1. The van der Waals surface area contributed by atoms with Crippen LogP contribution in [0.2, 0.25) is 0 Å². The molecule has 0 unspecified atom stereocenters. The summed E-state index contributed by atoms with van der Waals surface area (Å²) in [5.41, 5.74) is 4.99. The first-order valence-electron chi connectivity index (χ1n) is 5.43. The van der Waals surface area contributed by atoms with Crippen LogP contribution >= 0.6 is 0 Å². The third-order valence-corrected chi connectivity index (χ3v) is 5.59. The predicted molar refractivity (Wildman–Crippen MR) is 70.3 cm³/mol. The molecule has 0 aliphatic rings. The van der Waals surface area contributed by atoms with Crippen LogP contribution < -0.4 is 10.5 Å². The Bertz CT molecular complexity index is 656. The van der Waals surface area contributed by atoms with E-state index in [1.165, 1.54) is 6.92 Å². The SMILES string of the molecule is CCS(=O)(=O)CCNS(=O)(=O)c1ccc(F)c(N)c1. The van der Waals surface area contributed by atoms with Crippen molar-refractivity contribution in [2.45, 2.75) is 11.8 Å². The second-order valence-corrected chi connectivity index (χ2v) is 8.06. The second-order valence-electron chi connectivity index (χ2n) is 3.82. The van der Waals surface area contributed by atoms with Gasteiger partial charge in [0.15, 0.2) is 9.84 Å². The Morgan fingerprint density at radius 2 is 1.89 bits per heavy atom. The molecule has 0 heterocycles. The summed E-state index contributed by atoms with van der Waals surface area (Å²) in [4.78, 5) is -0.208. The summed E-state index contributed by atoms with van der Waals surface area (Å²) in [6, 6.07) is 2.97. The molecule has 108 valence electrons. The summed E-state index contributed by atoms with van der Waals surface area (Å²) in [5.74, 6) is -1.06. The van der Waals surface area contributed by atoms with Crippen molar-refractivity contribution in [1.29, 1.82) is 0 Å². The minimum Gasteiger partial charge on any atom is -0.396 e. The van der Waals surface area contributed by atoms with E-state index in [0.29, 0.717) is 0 Å². The van der Waals surface area contributed by atoms with E-state index in [2.05, 4.69) is 4.72 Å². The lowest BCUT2D eigenvalue weighted by molar-refractivity contribution is 0.580. The van der Waals surface area contributed by atoms with Crippen molar-refractivity contribution in [3.63, 3.8) is 0 Å². The first-order valence-corrected chi connectivity index (χ1v) is 8.73. The van der Waals surface area contributed by atoms with Gasteiger partial charge in [0.25, 0.3) is 0 Å². The summed E-state index contributed by atoms with van der Waals surface area (Å²) in [6.07, 6.45) is 0. The van der Waals surface area contributed by atoms with Crippen LogP contribution in [0.5, 0.6) is 0 Å². The summed E-state index contributed by atoms with van der Waals surface area (Å²) in [5, 5.41) is 0. The van der Waals surface area contributed by atoms with Gasteiger partial charge in [-0.2, -0.15) is 0 Å². The lowest BCUT2D eigenvalue weighted by Crippen LogP contribution is -2.29. The zero-order valence-electron chi connectivity index (χ0n) is 10.3. The second kappa shape index (κ2) is 5.85. The van der Waals surface area contributed by atoms with E-state index in [9.17, 15) is 21.2 Å². The van der Waals surface area contributed by atoms with E-state index in [1.807, 2.05) is 0 Å². The lowest BCUT2D eigenvalue weighted by atomic mass is 10.3.